The van der Waals surface area contributed by atoms with Gasteiger partial charge in [-0.25, -0.2) is 9.59 Å². The first-order chi connectivity index (χ1) is 12.5. The van der Waals surface area contributed by atoms with Gasteiger partial charge in [-0.2, -0.15) is 5.26 Å². The molecule has 1 saturated carbocycles. The van der Waals surface area contributed by atoms with Gasteiger partial charge in [0.1, 0.15) is 5.75 Å². The maximum absolute atomic E-state index is 9.10. The Morgan fingerprint density at radius 3 is 2.19 bits per heavy atom. The molecule has 0 aromatic heterocycles. The predicted octanol–water partition coefficient (Wildman–Crippen LogP) is 2.21. The number of aliphatic carboxylic acids is 2. The molecule has 1 heterocycles. The highest BCUT2D eigenvalue weighted by atomic mass is 16.5. The van der Waals surface area contributed by atoms with E-state index >= 15 is 0 Å². The highest BCUT2D eigenvalue weighted by molar-refractivity contribution is 6.27. The maximum atomic E-state index is 9.10. The third-order valence-corrected chi connectivity index (χ3v) is 4.86. The van der Waals surface area contributed by atoms with Crippen LogP contribution in [0.25, 0.3) is 0 Å². The molecule has 0 bridgehead atoms. The molecule has 26 heavy (non-hydrogen) atoms. The molecule has 2 atom stereocenters. The summed E-state index contributed by atoms with van der Waals surface area (Å²) in [5, 5.41) is 23.5. The Hall–Kier alpha value is -2.59. The normalized spacial score (nSPS) is 21.2. The van der Waals surface area contributed by atoms with Gasteiger partial charge in [0.15, 0.2) is 0 Å². The molecule has 1 saturated heterocycles. The third-order valence-electron chi connectivity index (χ3n) is 4.86. The first-order valence-corrected chi connectivity index (χ1v) is 8.81. The molecule has 2 unspecified atom stereocenters. The molecule has 0 spiro atoms. The fourth-order valence-corrected chi connectivity index (χ4v) is 3.62. The second-order valence-corrected chi connectivity index (χ2v) is 6.66. The highest BCUT2D eigenvalue weighted by Gasteiger charge is 2.35. The molecule has 2 N–H and O–H groups in total. The Labute approximate surface area is 152 Å². The summed E-state index contributed by atoms with van der Waals surface area (Å²) in [4.78, 5) is 20.8. The second-order valence-electron chi connectivity index (χ2n) is 6.66. The summed E-state index contributed by atoms with van der Waals surface area (Å²) in [6.07, 6.45) is 5.43. The van der Waals surface area contributed by atoms with Gasteiger partial charge in [-0.05, 0) is 55.4 Å². The minimum atomic E-state index is -1.82. The lowest BCUT2D eigenvalue weighted by Crippen LogP contribution is -2.24. The van der Waals surface area contributed by atoms with Gasteiger partial charge in [0.25, 0.3) is 0 Å². The predicted molar refractivity (Wildman–Crippen MR) is 93.8 cm³/mol. The van der Waals surface area contributed by atoms with Crippen LogP contribution >= 0.6 is 0 Å². The van der Waals surface area contributed by atoms with Crippen molar-refractivity contribution in [3.8, 4) is 11.8 Å². The van der Waals surface area contributed by atoms with E-state index in [0.717, 1.165) is 37.2 Å². The smallest absolute Gasteiger partial charge is 0.414 e. The van der Waals surface area contributed by atoms with Crippen LogP contribution in [0, 0.1) is 23.2 Å². The van der Waals surface area contributed by atoms with Crippen LogP contribution in [0.4, 0.5) is 0 Å². The number of likely N-dealkylation sites (tertiary alicyclic amines) is 1. The maximum Gasteiger partial charge on any atom is 0.414 e. The molecule has 1 aromatic rings. The number of rotatable bonds is 5. The molecule has 7 nitrogen and oxygen atoms in total. The summed E-state index contributed by atoms with van der Waals surface area (Å²) in [5.74, 6) is -0.823. The zero-order valence-electron chi connectivity index (χ0n) is 14.6. The average molecular weight is 360 g/mol. The Morgan fingerprint density at radius 1 is 1.12 bits per heavy atom. The fourth-order valence-electron chi connectivity index (χ4n) is 3.62. The number of carboxylic acid groups (broad SMARTS) is 2. The van der Waals surface area contributed by atoms with Gasteiger partial charge in [-0.1, -0.05) is 6.42 Å². The summed E-state index contributed by atoms with van der Waals surface area (Å²) in [6.45, 7) is 4.53. The monoisotopic (exact) mass is 360 g/mol. The lowest BCUT2D eigenvalue weighted by molar-refractivity contribution is -0.159. The standard InChI is InChI=1S/C17H22N2O.C2H2O4/c18-11-14-5-7-17(8-6-14)20-10-2-9-19-12-15-3-1-4-16(15)13-19;3-1(4)2(5)6/h5-8,15-16H,1-4,9-10,12-13H2;(H,3,4)(H,5,6). The van der Waals surface area contributed by atoms with Crippen LogP contribution in [0.1, 0.15) is 31.2 Å². The lowest BCUT2D eigenvalue weighted by atomic mass is 10.0. The number of carbonyl (C=O) groups is 2. The van der Waals surface area contributed by atoms with Crippen LogP contribution in [0.5, 0.6) is 5.75 Å². The van der Waals surface area contributed by atoms with E-state index in [4.69, 9.17) is 29.8 Å². The van der Waals surface area contributed by atoms with Crippen molar-refractivity contribution >= 4 is 11.9 Å². The van der Waals surface area contributed by atoms with E-state index in [1.54, 1.807) is 12.1 Å². The van der Waals surface area contributed by atoms with E-state index in [0.29, 0.717) is 5.56 Å². The van der Waals surface area contributed by atoms with Gasteiger partial charge in [0.2, 0.25) is 0 Å². The first kappa shape index (κ1) is 19.7. The van der Waals surface area contributed by atoms with Crippen molar-refractivity contribution in [1.82, 2.24) is 4.90 Å². The van der Waals surface area contributed by atoms with Crippen LogP contribution in [0.2, 0.25) is 0 Å². The summed E-state index contributed by atoms with van der Waals surface area (Å²) in [6, 6.07) is 9.47. The molecule has 2 aliphatic rings. The van der Waals surface area contributed by atoms with Crippen molar-refractivity contribution in [1.29, 1.82) is 5.26 Å². The minimum absolute atomic E-state index is 0.681. The van der Waals surface area contributed by atoms with Crippen molar-refractivity contribution in [3.05, 3.63) is 29.8 Å². The summed E-state index contributed by atoms with van der Waals surface area (Å²) in [5.41, 5.74) is 0.681. The van der Waals surface area contributed by atoms with Gasteiger partial charge in [-0.15, -0.1) is 0 Å². The minimum Gasteiger partial charge on any atom is -0.494 e. The average Bonchev–Trinajstić information content (AvgIpc) is 3.21. The number of nitrogens with zero attached hydrogens (tertiary/aromatic N) is 2. The largest absolute Gasteiger partial charge is 0.494 e. The number of nitriles is 1. The topological polar surface area (TPSA) is 111 Å². The number of hydrogen-bond acceptors (Lipinski definition) is 5. The van der Waals surface area contributed by atoms with Crippen LogP contribution < -0.4 is 4.74 Å². The van der Waals surface area contributed by atoms with Crippen molar-refractivity contribution in [2.75, 3.05) is 26.2 Å². The first-order valence-electron chi connectivity index (χ1n) is 8.81. The molecule has 2 fully saturated rings. The molecule has 1 aliphatic heterocycles. The molecule has 1 aromatic carbocycles. The SMILES string of the molecule is N#Cc1ccc(OCCCN2CC3CCCC3C2)cc1.O=C(O)C(=O)O. The summed E-state index contributed by atoms with van der Waals surface area (Å²) >= 11 is 0. The molecule has 140 valence electrons. The summed E-state index contributed by atoms with van der Waals surface area (Å²) in [7, 11) is 0. The Morgan fingerprint density at radius 2 is 1.69 bits per heavy atom. The van der Waals surface area contributed by atoms with E-state index in [1.807, 2.05) is 12.1 Å². The van der Waals surface area contributed by atoms with Crippen molar-refractivity contribution in [2.45, 2.75) is 25.7 Å². The number of hydrogen-bond donors (Lipinski definition) is 2. The fraction of sp³-hybridized carbons (Fsp3) is 0.526. The van der Waals surface area contributed by atoms with E-state index in [9.17, 15) is 0 Å². The third kappa shape index (κ3) is 6.05. The van der Waals surface area contributed by atoms with E-state index in [-0.39, 0.29) is 0 Å². The van der Waals surface area contributed by atoms with Crippen molar-refractivity contribution in [3.63, 3.8) is 0 Å². The van der Waals surface area contributed by atoms with Gasteiger partial charge in [-0.3, -0.25) is 0 Å². The molecule has 0 radical (unpaired) electrons. The molecular formula is C19H24N2O5. The van der Waals surface area contributed by atoms with Gasteiger partial charge in [0, 0.05) is 19.6 Å². The zero-order chi connectivity index (χ0) is 18.9. The Bertz CT molecular complexity index is 629. The van der Waals surface area contributed by atoms with Gasteiger partial charge in [0.05, 0.1) is 18.2 Å². The lowest BCUT2D eigenvalue weighted by Gasteiger charge is -2.16. The van der Waals surface area contributed by atoms with E-state index in [2.05, 4.69) is 11.0 Å². The molecule has 1 aliphatic carbocycles. The van der Waals surface area contributed by atoms with Crippen LogP contribution in [-0.2, 0) is 9.59 Å². The van der Waals surface area contributed by atoms with E-state index < -0.39 is 11.9 Å². The molecule has 0 amide bonds. The van der Waals surface area contributed by atoms with Crippen LogP contribution in [-0.4, -0.2) is 53.3 Å². The van der Waals surface area contributed by atoms with Crippen LogP contribution in [0.3, 0.4) is 0 Å². The van der Waals surface area contributed by atoms with Gasteiger partial charge >= 0.3 is 11.9 Å². The number of ether oxygens (including phenoxy) is 1. The van der Waals surface area contributed by atoms with Crippen molar-refractivity contribution < 1.29 is 24.5 Å². The number of benzene rings is 1. The molecular weight excluding hydrogens is 336 g/mol. The van der Waals surface area contributed by atoms with Crippen LogP contribution in [0.15, 0.2) is 24.3 Å². The Balaban J connectivity index is 0.000000352. The van der Waals surface area contributed by atoms with Gasteiger partial charge < -0.3 is 19.8 Å². The molecule has 3 rings (SSSR count). The summed E-state index contributed by atoms with van der Waals surface area (Å²) < 4.78 is 5.72. The molecule has 7 heteroatoms. The quantitative estimate of drug-likeness (QED) is 0.612. The Kier molecular flexibility index (Phi) is 7.42. The number of carboxylic acids is 2. The second kappa shape index (κ2) is 9.78. The van der Waals surface area contributed by atoms with E-state index in [1.165, 1.54) is 32.4 Å². The number of fused-ring (bicyclic) bond motifs is 1. The highest BCUT2D eigenvalue weighted by Crippen LogP contribution is 2.37. The zero-order valence-corrected chi connectivity index (χ0v) is 14.6. The van der Waals surface area contributed by atoms with Crippen molar-refractivity contribution in [2.24, 2.45) is 11.8 Å².